The van der Waals surface area contributed by atoms with Crippen LogP contribution in [0.15, 0.2) is 11.6 Å². The predicted octanol–water partition coefficient (Wildman–Crippen LogP) is -3.23. The number of aliphatic hydroxyl groups is 14. The molecule has 0 aromatic heterocycles. The maximum atomic E-state index is 15.4. The molecule has 5 heterocycles. The van der Waals surface area contributed by atoms with E-state index in [1.54, 1.807) is 6.92 Å². The number of aliphatic carboxylic acids is 1. The lowest BCUT2D eigenvalue weighted by Gasteiger charge is -2.71. The van der Waals surface area contributed by atoms with Gasteiger partial charge in [-0.3, -0.25) is 9.59 Å². The number of carboxylic acids is 1. The Morgan fingerprint density at radius 2 is 1.18 bits per heavy atom. The molecule has 10 rings (SSSR count). The number of rotatable bonds is 12. The monoisotopic (exact) mass is 1210 g/mol. The second-order valence-electron chi connectivity index (χ2n) is 27.6. The fourth-order valence-electron chi connectivity index (χ4n) is 17.2. The second-order valence-corrected chi connectivity index (χ2v) is 27.6. The van der Waals surface area contributed by atoms with Crippen molar-refractivity contribution in [3.05, 3.63) is 11.6 Å². The first kappa shape index (κ1) is 64.7. The molecule has 0 radical (unpaired) electrons. The number of hydrogen-bond donors (Lipinski definition) is 15. The third-order valence-electron chi connectivity index (χ3n) is 22.3. The second kappa shape index (κ2) is 23.5. The molecule has 27 heteroatoms. The van der Waals surface area contributed by atoms with Crippen molar-refractivity contribution in [2.75, 3.05) is 26.4 Å². The zero-order chi connectivity index (χ0) is 61.3. The predicted molar refractivity (Wildman–Crippen MR) is 279 cm³/mol. The molecule has 0 aromatic rings. The van der Waals surface area contributed by atoms with Crippen LogP contribution >= 0.6 is 0 Å². The number of ether oxygens (including phenoxy) is 10. The van der Waals surface area contributed by atoms with Crippen LogP contribution in [0.25, 0.3) is 0 Å². The van der Waals surface area contributed by atoms with Crippen LogP contribution in [0.3, 0.4) is 0 Å². The molecule has 0 unspecified atom stereocenters. The molecular weight excluding hydrogens is 1120 g/mol. The van der Waals surface area contributed by atoms with Crippen LogP contribution in [0.4, 0.5) is 0 Å². The largest absolute Gasteiger partial charge is 0.481 e. The van der Waals surface area contributed by atoms with Crippen molar-refractivity contribution in [2.45, 2.75) is 254 Å². The molecule has 0 bridgehead atoms. The van der Waals surface area contributed by atoms with E-state index in [2.05, 4.69) is 33.8 Å². The molecule has 5 saturated heterocycles. The molecule has 10 aliphatic rings. The Bertz CT molecular complexity index is 2400. The van der Waals surface area contributed by atoms with Crippen LogP contribution in [0.5, 0.6) is 0 Å². The summed E-state index contributed by atoms with van der Waals surface area (Å²) in [4.78, 5) is 29.4. The van der Waals surface area contributed by atoms with Gasteiger partial charge in [-0.2, -0.15) is 0 Å². The standard InChI is InChI=1S/C57H90O27/c1-22-35(65)43(82-47-40(70)37(67)28(62)20-76-47)41(71)48(78-22)83-44-38(68)29(63)21-77-49(44)84-51(74)57-13-12-52(2,3)15-24(57)23-8-9-31-53(4)16-26(60)45(56(7,50(72)73)32(53)10-11-54(31,5)55(23,6)17-33(57)64)80-34-14-25(59)42(30(18-58)79-34)81-46-39(69)36(66)27(61)19-75-46/h8,22,24-49,58-71H,9-21H2,1-7H3,(H,72,73)/t22-,24-,25+,26-,27+,28-,29+,30+,31+,32+,33+,34-,35-,36-,37-,38+,39+,40+,41+,42-,43+,44+,45-,46-,47-,48-,49-,53+,54+,55+,56-,57+/m0/s1. The lowest BCUT2D eigenvalue weighted by Crippen LogP contribution is -2.71. The molecule has 9 fully saturated rings. The van der Waals surface area contributed by atoms with E-state index in [4.69, 9.17) is 47.4 Å². The quantitative estimate of drug-likeness (QED) is 0.0519. The summed E-state index contributed by atoms with van der Waals surface area (Å²) in [6, 6.07) is 0. The first-order valence-electron chi connectivity index (χ1n) is 29.7. The molecule has 5 aliphatic heterocycles. The molecule has 84 heavy (non-hydrogen) atoms. The Morgan fingerprint density at radius 1 is 0.595 bits per heavy atom. The molecule has 32 atom stereocenters. The van der Waals surface area contributed by atoms with Crippen molar-refractivity contribution in [1.82, 2.24) is 0 Å². The van der Waals surface area contributed by atoms with Crippen LogP contribution < -0.4 is 0 Å². The first-order chi connectivity index (χ1) is 39.3. The number of esters is 1. The molecule has 5 aliphatic carbocycles. The third-order valence-corrected chi connectivity index (χ3v) is 22.3. The van der Waals surface area contributed by atoms with E-state index < -0.39 is 218 Å². The van der Waals surface area contributed by atoms with Gasteiger partial charge in [-0.25, -0.2) is 0 Å². The normalized spacial score (nSPS) is 54.8. The van der Waals surface area contributed by atoms with Crippen LogP contribution in [-0.4, -0.2) is 262 Å². The summed E-state index contributed by atoms with van der Waals surface area (Å²) in [5.74, 6) is -3.61. The summed E-state index contributed by atoms with van der Waals surface area (Å²) >= 11 is 0. The van der Waals surface area contributed by atoms with E-state index in [1.165, 1.54) is 6.92 Å². The van der Waals surface area contributed by atoms with Crippen LogP contribution in [0, 0.1) is 50.2 Å². The minimum atomic E-state index is -1.90. The Kier molecular flexibility index (Phi) is 18.1. The summed E-state index contributed by atoms with van der Waals surface area (Å²) in [5.41, 5.74) is -5.11. The van der Waals surface area contributed by atoms with Crippen molar-refractivity contribution in [3.63, 3.8) is 0 Å². The fourth-order valence-corrected chi connectivity index (χ4v) is 17.2. The minimum Gasteiger partial charge on any atom is -0.481 e. The third kappa shape index (κ3) is 10.5. The molecule has 0 aromatic carbocycles. The summed E-state index contributed by atoms with van der Waals surface area (Å²) in [6.45, 7) is 11.3. The Labute approximate surface area is 486 Å². The Balaban J connectivity index is 0.885. The van der Waals surface area contributed by atoms with Gasteiger partial charge in [0.1, 0.15) is 90.9 Å². The highest BCUT2D eigenvalue weighted by atomic mass is 16.8. The average Bonchev–Trinajstić information content (AvgIpc) is 0.755. The van der Waals surface area contributed by atoms with E-state index in [9.17, 15) is 81.4 Å². The first-order valence-corrected chi connectivity index (χ1v) is 29.7. The SMILES string of the molecule is C[C@@H]1O[C@@H](O[C@H]2[C@H](OC(=O)[C@]34CCC(C)(C)C[C@H]3C3=CC[C@@H]5[C@@]6(C)C[C@H](O)[C@H](O[C@H]7C[C@@H](O)[C@H](O[C@@H]8OC[C@@H](O)[C@H](O)[C@H]8O)[C@@H](CO)O7)[C@@](C)(C(=O)O)[C@@H]6CC[C@@]5(C)[C@]3(C)C[C@H]4O)OC[C@@H](O)[C@H]2O)[C@H](O)[C@H](O[C@@H]2OC[C@H](O)[C@H](O)[C@H]2O)[C@H]1O. The molecule has 480 valence electrons. The smallest absolute Gasteiger partial charge is 0.317 e. The van der Waals surface area contributed by atoms with Gasteiger partial charge < -0.3 is 124 Å². The van der Waals surface area contributed by atoms with Gasteiger partial charge in [-0.15, -0.1) is 0 Å². The highest BCUT2D eigenvalue weighted by Gasteiger charge is 2.74. The van der Waals surface area contributed by atoms with Crippen molar-refractivity contribution in [1.29, 1.82) is 0 Å². The Morgan fingerprint density at radius 3 is 1.79 bits per heavy atom. The minimum absolute atomic E-state index is 0.0709. The molecule has 15 N–H and O–H groups in total. The lowest BCUT2D eigenvalue weighted by molar-refractivity contribution is -0.370. The van der Waals surface area contributed by atoms with Gasteiger partial charge in [-0.1, -0.05) is 46.3 Å². The van der Waals surface area contributed by atoms with Gasteiger partial charge in [0.25, 0.3) is 0 Å². The van der Waals surface area contributed by atoms with Crippen LogP contribution in [0.2, 0.25) is 0 Å². The van der Waals surface area contributed by atoms with E-state index in [0.29, 0.717) is 32.1 Å². The average molecular weight is 1210 g/mol. The van der Waals surface area contributed by atoms with Crippen LogP contribution in [0.1, 0.15) is 106 Å². The number of carbonyl (C=O) groups is 2. The van der Waals surface area contributed by atoms with Gasteiger partial charge in [0, 0.05) is 6.42 Å². The summed E-state index contributed by atoms with van der Waals surface area (Å²) in [6.07, 6.45) is -32.8. The maximum Gasteiger partial charge on any atom is 0.317 e. The van der Waals surface area contributed by atoms with Crippen molar-refractivity contribution >= 4 is 11.9 Å². The van der Waals surface area contributed by atoms with Gasteiger partial charge >= 0.3 is 11.9 Å². The number of fused-ring (bicyclic) bond motifs is 7. The van der Waals surface area contributed by atoms with Gasteiger partial charge in [0.05, 0.1) is 56.3 Å². The van der Waals surface area contributed by atoms with Crippen LogP contribution in [-0.2, 0) is 57.0 Å². The van der Waals surface area contributed by atoms with Crippen molar-refractivity contribution < 1.29 is 134 Å². The number of hydrogen-bond acceptors (Lipinski definition) is 26. The number of aliphatic hydroxyl groups excluding tert-OH is 14. The van der Waals surface area contributed by atoms with E-state index in [-0.39, 0.29) is 43.6 Å². The number of carbonyl (C=O) groups excluding carboxylic acids is 1. The lowest BCUT2D eigenvalue weighted by atomic mass is 9.33. The van der Waals surface area contributed by atoms with Gasteiger partial charge in [0.2, 0.25) is 6.29 Å². The molecule has 4 saturated carbocycles. The highest BCUT2D eigenvalue weighted by molar-refractivity contribution is 5.80. The fraction of sp³-hybridized carbons (Fsp3) is 0.930. The number of allylic oxidation sites excluding steroid dienone is 2. The summed E-state index contributed by atoms with van der Waals surface area (Å²) in [5, 5.41) is 165. The van der Waals surface area contributed by atoms with Crippen molar-refractivity contribution in [3.8, 4) is 0 Å². The number of carboxylic acid groups (broad SMARTS) is 1. The maximum absolute atomic E-state index is 15.4. The zero-order valence-electron chi connectivity index (χ0n) is 48.5. The zero-order valence-corrected chi connectivity index (χ0v) is 48.5. The van der Waals surface area contributed by atoms with E-state index >= 15 is 4.79 Å². The van der Waals surface area contributed by atoms with Crippen molar-refractivity contribution in [2.24, 2.45) is 50.2 Å². The summed E-state index contributed by atoms with van der Waals surface area (Å²) in [7, 11) is 0. The molecule has 0 spiro atoms. The molecular formula is C57H90O27. The Hall–Kier alpha value is -2.24. The van der Waals surface area contributed by atoms with Gasteiger partial charge in [0.15, 0.2) is 31.3 Å². The highest BCUT2D eigenvalue weighted by Crippen LogP contribution is 2.76. The van der Waals surface area contributed by atoms with E-state index in [1.807, 2.05) is 6.92 Å². The van der Waals surface area contributed by atoms with E-state index in [0.717, 1.165) is 5.57 Å². The van der Waals surface area contributed by atoms with Gasteiger partial charge in [-0.05, 0) is 105 Å². The topological polar surface area (TPSA) is 430 Å². The summed E-state index contributed by atoms with van der Waals surface area (Å²) < 4.78 is 58.8. The molecule has 0 amide bonds. The molecule has 27 nitrogen and oxygen atoms in total.